The lowest BCUT2D eigenvalue weighted by Crippen LogP contribution is -2.20. The number of hydrogen-bond donors (Lipinski definition) is 1. The minimum Gasteiger partial charge on any atom is -0.304 e. The van der Waals surface area contributed by atoms with Gasteiger partial charge in [-0.3, -0.25) is 9.78 Å². The molecule has 0 spiro atoms. The molecule has 0 unspecified atom stereocenters. The summed E-state index contributed by atoms with van der Waals surface area (Å²) in [6.45, 7) is 4.69. The van der Waals surface area contributed by atoms with Crippen molar-refractivity contribution in [3.05, 3.63) is 94.0 Å². The van der Waals surface area contributed by atoms with Crippen molar-refractivity contribution in [2.75, 3.05) is 0 Å². The first-order valence-electron chi connectivity index (χ1n) is 11.1. The fourth-order valence-electron chi connectivity index (χ4n) is 4.22. The summed E-state index contributed by atoms with van der Waals surface area (Å²) >= 11 is 0. The first-order chi connectivity index (χ1) is 16.2. The average molecular weight is 473 g/mol. The fourth-order valence-corrected chi connectivity index (χ4v) is 4.22. The van der Waals surface area contributed by atoms with E-state index >= 15 is 0 Å². The zero-order valence-corrected chi connectivity index (χ0v) is 19.8. The maximum atomic E-state index is 12.8. The third-order valence-corrected chi connectivity index (χ3v) is 5.95. The van der Waals surface area contributed by atoms with Crippen LogP contribution >= 0.6 is 12.4 Å². The van der Waals surface area contributed by atoms with Gasteiger partial charge in [-0.2, -0.15) is 0 Å². The summed E-state index contributed by atoms with van der Waals surface area (Å²) in [6, 6.07) is 21.9. The van der Waals surface area contributed by atoms with Gasteiger partial charge in [0.15, 0.2) is 5.82 Å². The summed E-state index contributed by atoms with van der Waals surface area (Å²) in [5.74, 6) is 0.629. The molecule has 5 rings (SSSR count). The molecular formula is C26H25ClN6O. The van der Waals surface area contributed by atoms with E-state index in [1.165, 1.54) is 0 Å². The van der Waals surface area contributed by atoms with E-state index in [0.29, 0.717) is 12.4 Å². The Hall–Kier alpha value is -3.84. The molecule has 0 amide bonds. The van der Waals surface area contributed by atoms with Crippen molar-refractivity contribution < 1.29 is 0 Å². The van der Waals surface area contributed by atoms with Gasteiger partial charge in [-0.25, -0.2) is 5.10 Å². The number of aromatic amines is 1. The topological polar surface area (TPSA) is 89.4 Å². The zero-order valence-electron chi connectivity index (χ0n) is 19.0. The molecule has 0 saturated heterocycles. The van der Waals surface area contributed by atoms with E-state index in [1.807, 2.05) is 41.0 Å². The molecule has 1 N–H and O–H groups in total. The molecule has 3 heterocycles. The molecule has 3 aromatic heterocycles. The maximum Gasteiger partial charge on any atom is 0.251 e. The first-order valence-corrected chi connectivity index (χ1v) is 11.1. The van der Waals surface area contributed by atoms with Gasteiger partial charge in [0, 0.05) is 28.4 Å². The molecule has 0 aliphatic rings. The van der Waals surface area contributed by atoms with Crippen LogP contribution in [0.25, 0.3) is 33.4 Å². The van der Waals surface area contributed by atoms with E-state index in [-0.39, 0.29) is 18.0 Å². The van der Waals surface area contributed by atoms with Gasteiger partial charge in [-0.1, -0.05) is 62.4 Å². The van der Waals surface area contributed by atoms with Gasteiger partial charge in [-0.15, -0.1) is 17.5 Å². The van der Waals surface area contributed by atoms with E-state index in [9.17, 15) is 4.79 Å². The Labute approximate surface area is 203 Å². The second kappa shape index (κ2) is 9.97. The van der Waals surface area contributed by atoms with Crippen molar-refractivity contribution in [1.82, 2.24) is 30.2 Å². The summed E-state index contributed by atoms with van der Waals surface area (Å²) in [5.41, 5.74) is 7.06. The minimum atomic E-state index is -0.00922. The highest BCUT2D eigenvalue weighted by Crippen LogP contribution is 2.30. The van der Waals surface area contributed by atoms with Gasteiger partial charge in [0.25, 0.3) is 5.56 Å². The van der Waals surface area contributed by atoms with E-state index in [0.717, 1.165) is 57.4 Å². The molecule has 2 aromatic carbocycles. The van der Waals surface area contributed by atoms with Crippen molar-refractivity contribution >= 4 is 23.3 Å². The lowest BCUT2D eigenvalue weighted by atomic mass is 9.98. The van der Waals surface area contributed by atoms with Crippen molar-refractivity contribution in [1.29, 1.82) is 0 Å². The van der Waals surface area contributed by atoms with Crippen LogP contribution in [0.3, 0.4) is 0 Å². The van der Waals surface area contributed by atoms with Crippen LogP contribution in [0.5, 0.6) is 0 Å². The first kappa shape index (κ1) is 23.3. The lowest BCUT2D eigenvalue weighted by molar-refractivity contribution is 0.790. The molecule has 172 valence electrons. The van der Waals surface area contributed by atoms with E-state index in [2.05, 4.69) is 58.7 Å². The number of hydrogen-bond acceptors (Lipinski definition) is 5. The Morgan fingerprint density at radius 1 is 0.912 bits per heavy atom. The summed E-state index contributed by atoms with van der Waals surface area (Å²) in [7, 11) is 0. The van der Waals surface area contributed by atoms with Crippen LogP contribution in [-0.4, -0.2) is 30.2 Å². The number of fused-ring (bicyclic) bond motifs is 1. The Bertz CT molecular complexity index is 1480. The van der Waals surface area contributed by atoms with Gasteiger partial charge in [0.05, 0.1) is 12.1 Å². The Morgan fingerprint density at radius 2 is 1.68 bits per heavy atom. The van der Waals surface area contributed by atoms with E-state index in [4.69, 9.17) is 4.98 Å². The van der Waals surface area contributed by atoms with Crippen LogP contribution in [0, 0.1) is 0 Å². The molecule has 8 heteroatoms. The van der Waals surface area contributed by atoms with Crippen LogP contribution in [-0.2, 0) is 19.4 Å². The van der Waals surface area contributed by atoms with Crippen LogP contribution in [0.4, 0.5) is 0 Å². The molecular weight excluding hydrogens is 448 g/mol. The lowest BCUT2D eigenvalue weighted by Gasteiger charge is -2.14. The predicted octanol–water partition coefficient (Wildman–Crippen LogP) is 4.84. The zero-order chi connectivity index (χ0) is 22.8. The Kier molecular flexibility index (Phi) is 6.84. The van der Waals surface area contributed by atoms with Crippen LogP contribution in [0.1, 0.15) is 30.8 Å². The van der Waals surface area contributed by atoms with Gasteiger partial charge in [-0.05, 0) is 52.1 Å². The smallest absolute Gasteiger partial charge is 0.251 e. The van der Waals surface area contributed by atoms with E-state index < -0.39 is 0 Å². The van der Waals surface area contributed by atoms with Gasteiger partial charge < -0.3 is 4.57 Å². The molecule has 0 aliphatic carbocycles. The molecule has 0 bridgehead atoms. The van der Waals surface area contributed by atoms with Gasteiger partial charge in [0.2, 0.25) is 0 Å². The molecule has 5 aromatic rings. The number of rotatable bonds is 6. The number of nitrogens with zero attached hydrogens (tertiary/aromatic N) is 5. The highest BCUT2D eigenvalue weighted by molar-refractivity contribution is 5.85. The second-order valence-corrected chi connectivity index (χ2v) is 7.95. The molecule has 0 aliphatic heterocycles. The van der Waals surface area contributed by atoms with Crippen LogP contribution in [0.15, 0.2) is 71.5 Å². The molecule has 7 nitrogen and oxygen atoms in total. The summed E-state index contributed by atoms with van der Waals surface area (Å²) < 4.78 is 1.85. The summed E-state index contributed by atoms with van der Waals surface area (Å²) in [6.07, 6.45) is 1.66. The highest BCUT2D eigenvalue weighted by Gasteiger charge is 2.12. The molecule has 34 heavy (non-hydrogen) atoms. The number of benzene rings is 2. The van der Waals surface area contributed by atoms with Gasteiger partial charge >= 0.3 is 0 Å². The number of aryl methyl sites for hydroxylation is 2. The minimum absolute atomic E-state index is 0. The number of nitrogens with one attached hydrogen (secondary N) is 1. The van der Waals surface area contributed by atoms with Crippen LogP contribution in [0.2, 0.25) is 0 Å². The Balaban J connectivity index is 0.00000274. The normalized spacial score (nSPS) is 10.9. The molecule has 0 fully saturated rings. The molecule has 0 atom stereocenters. The van der Waals surface area contributed by atoms with Crippen molar-refractivity contribution in [2.45, 2.75) is 33.2 Å². The predicted molar refractivity (Wildman–Crippen MR) is 136 cm³/mol. The van der Waals surface area contributed by atoms with Crippen molar-refractivity contribution in [3.8, 4) is 22.5 Å². The quantitative estimate of drug-likeness (QED) is 0.382. The third-order valence-electron chi connectivity index (χ3n) is 5.95. The number of tetrazole rings is 1. The summed E-state index contributed by atoms with van der Waals surface area (Å²) in [5, 5.41) is 15.3. The monoisotopic (exact) mass is 472 g/mol. The fraction of sp³-hybridized carbons (Fsp3) is 0.192. The van der Waals surface area contributed by atoms with Gasteiger partial charge in [0.1, 0.15) is 0 Å². The SMILES string of the molecule is CCc1cc2c(ccc(=O)n2Cc2ccc(-c3ccccc3-c3nnn[nH]3)cc2)c(CC)n1.Cl. The largest absolute Gasteiger partial charge is 0.304 e. The van der Waals surface area contributed by atoms with Crippen molar-refractivity contribution in [3.63, 3.8) is 0 Å². The number of aromatic nitrogens is 6. The maximum absolute atomic E-state index is 12.8. The number of pyridine rings is 2. The average Bonchev–Trinajstić information content (AvgIpc) is 3.40. The second-order valence-electron chi connectivity index (χ2n) is 7.95. The number of H-pyrrole nitrogens is 1. The summed E-state index contributed by atoms with van der Waals surface area (Å²) in [4.78, 5) is 17.6. The number of halogens is 1. The van der Waals surface area contributed by atoms with Crippen molar-refractivity contribution in [2.24, 2.45) is 0 Å². The van der Waals surface area contributed by atoms with E-state index in [1.54, 1.807) is 6.07 Å². The standard InChI is InChI=1S/C26H24N6O.ClH/c1-3-19-15-24-22(23(4-2)27-19)13-14-25(33)32(24)16-17-9-11-18(12-10-17)20-7-5-6-8-21(20)26-28-30-31-29-26;/h5-15H,3-4,16H2,1-2H3,(H,28,29,30,31);1H. The highest BCUT2D eigenvalue weighted by atomic mass is 35.5. The Morgan fingerprint density at radius 3 is 2.35 bits per heavy atom. The molecule has 0 saturated carbocycles. The third kappa shape index (κ3) is 4.34. The van der Waals surface area contributed by atoms with Crippen LogP contribution < -0.4 is 5.56 Å². The molecule has 0 radical (unpaired) electrons.